The number of rotatable bonds is 1. The van der Waals surface area contributed by atoms with Gasteiger partial charge in [0.25, 0.3) is 0 Å². The van der Waals surface area contributed by atoms with Crippen LogP contribution >= 0.6 is 12.2 Å². The molecular formula is C9H9N3S. The lowest BCUT2D eigenvalue weighted by Crippen LogP contribution is -2.31. The van der Waals surface area contributed by atoms with Gasteiger partial charge in [0.15, 0.2) is 5.11 Å². The van der Waals surface area contributed by atoms with Crippen molar-refractivity contribution in [3.63, 3.8) is 0 Å². The summed E-state index contributed by atoms with van der Waals surface area (Å²) < 4.78 is 0. The first-order valence-electron chi connectivity index (χ1n) is 3.68. The van der Waals surface area contributed by atoms with Gasteiger partial charge in [0.1, 0.15) is 0 Å². The summed E-state index contributed by atoms with van der Waals surface area (Å²) in [5, 5.41) is 8.87. The summed E-state index contributed by atoms with van der Waals surface area (Å²) in [5.74, 6) is 0. The maximum Gasteiger partial charge on any atom is 0.170 e. The molecular weight excluding hydrogens is 182 g/mol. The molecule has 13 heavy (non-hydrogen) atoms. The van der Waals surface area contributed by atoms with E-state index >= 15 is 0 Å². The highest BCUT2D eigenvalue weighted by Crippen LogP contribution is 2.12. The highest BCUT2D eigenvalue weighted by molar-refractivity contribution is 7.80. The Balaban J connectivity index is 2.93. The summed E-state index contributed by atoms with van der Waals surface area (Å²) in [7, 11) is 1.78. The van der Waals surface area contributed by atoms with Crippen molar-refractivity contribution in [1.82, 2.24) is 0 Å². The van der Waals surface area contributed by atoms with Crippen molar-refractivity contribution < 1.29 is 0 Å². The highest BCUT2D eigenvalue weighted by Gasteiger charge is 2.01. The maximum atomic E-state index is 8.56. The van der Waals surface area contributed by atoms with Crippen molar-refractivity contribution in [2.75, 3.05) is 11.9 Å². The third-order valence-corrected chi connectivity index (χ3v) is 1.99. The Kier molecular flexibility index (Phi) is 2.83. The Labute approximate surface area is 82.4 Å². The molecule has 3 nitrogen and oxygen atoms in total. The van der Waals surface area contributed by atoms with Crippen LogP contribution in [0.5, 0.6) is 0 Å². The van der Waals surface area contributed by atoms with E-state index < -0.39 is 0 Å². The molecule has 0 bridgehead atoms. The largest absolute Gasteiger partial charge is 0.376 e. The van der Waals surface area contributed by atoms with Gasteiger partial charge in [-0.3, -0.25) is 0 Å². The molecule has 1 aromatic rings. The number of nitriles is 1. The zero-order chi connectivity index (χ0) is 9.84. The van der Waals surface area contributed by atoms with Gasteiger partial charge in [-0.1, -0.05) is 0 Å². The fourth-order valence-corrected chi connectivity index (χ4v) is 0.992. The first-order chi connectivity index (χ1) is 6.15. The van der Waals surface area contributed by atoms with Crippen LogP contribution in [-0.4, -0.2) is 12.2 Å². The molecule has 0 spiro atoms. The van der Waals surface area contributed by atoms with E-state index in [0.29, 0.717) is 10.7 Å². The fraction of sp³-hybridized carbons (Fsp3) is 0.111. The predicted molar refractivity (Wildman–Crippen MR) is 56.3 cm³/mol. The first kappa shape index (κ1) is 9.49. The molecule has 0 saturated carbocycles. The van der Waals surface area contributed by atoms with E-state index in [2.05, 4.69) is 0 Å². The summed E-state index contributed by atoms with van der Waals surface area (Å²) in [4.78, 5) is 1.68. The van der Waals surface area contributed by atoms with Gasteiger partial charge in [-0.25, -0.2) is 0 Å². The molecule has 1 aromatic carbocycles. The number of hydrogen-bond donors (Lipinski definition) is 1. The van der Waals surface area contributed by atoms with Crippen LogP contribution in [0.3, 0.4) is 0 Å². The van der Waals surface area contributed by atoms with Gasteiger partial charge in [0, 0.05) is 12.7 Å². The Morgan fingerprint density at radius 3 is 2.38 bits per heavy atom. The van der Waals surface area contributed by atoms with Crippen molar-refractivity contribution in [3.05, 3.63) is 29.8 Å². The van der Waals surface area contributed by atoms with Gasteiger partial charge in [0.2, 0.25) is 0 Å². The van der Waals surface area contributed by atoms with E-state index in [1.54, 1.807) is 36.2 Å². The van der Waals surface area contributed by atoms with Gasteiger partial charge in [-0.05, 0) is 36.5 Å². The third kappa shape index (κ3) is 2.17. The van der Waals surface area contributed by atoms with E-state index in [9.17, 15) is 0 Å². The minimum Gasteiger partial charge on any atom is -0.376 e. The smallest absolute Gasteiger partial charge is 0.170 e. The molecule has 0 heterocycles. The molecule has 66 valence electrons. The topological polar surface area (TPSA) is 53.0 Å². The molecule has 0 fully saturated rings. The lowest BCUT2D eigenvalue weighted by Gasteiger charge is -2.16. The summed E-state index contributed by atoms with van der Waals surface area (Å²) in [6.45, 7) is 0. The lowest BCUT2D eigenvalue weighted by molar-refractivity contribution is 1.26. The Bertz CT molecular complexity index is 350. The second-order valence-electron chi connectivity index (χ2n) is 2.56. The van der Waals surface area contributed by atoms with Crippen LogP contribution in [0.1, 0.15) is 5.56 Å². The van der Waals surface area contributed by atoms with Crippen LogP contribution in [0.4, 0.5) is 5.69 Å². The predicted octanol–water partition coefficient (Wildman–Crippen LogP) is 1.24. The normalized spacial score (nSPS) is 8.92. The second kappa shape index (κ2) is 3.87. The number of nitrogens with zero attached hydrogens (tertiary/aromatic N) is 2. The second-order valence-corrected chi connectivity index (χ2v) is 2.97. The third-order valence-electron chi connectivity index (χ3n) is 1.71. The van der Waals surface area contributed by atoms with Gasteiger partial charge in [0.05, 0.1) is 11.6 Å². The Morgan fingerprint density at radius 1 is 1.46 bits per heavy atom. The quantitative estimate of drug-likeness (QED) is 0.678. The summed E-state index contributed by atoms with van der Waals surface area (Å²) in [6.07, 6.45) is 0. The van der Waals surface area contributed by atoms with Gasteiger partial charge < -0.3 is 10.6 Å². The van der Waals surface area contributed by atoms with E-state index in [1.165, 1.54) is 0 Å². The zero-order valence-corrected chi connectivity index (χ0v) is 8.01. The molecule has 0 saturated heterocycles. The van der Waals surface area contributed by atoms with E-state index in [4.69, 9.17) is 23.2 Å². The lowest BCUT2D eigenvalue weighted by atomic mass is 10.2. The fourth-order valence-electron chi connectivity index (χ4n) is 0.887. The molecule has 0 aromatic heterocycles. The summed E-state index contributed by atoms with van der Waals surface area (Å²) in [6, 6.07) is 9.10. The van der Waals surface area contributed by atoms with Crippen LogP contribution in [0, 0.1) is 11.3 Å². The summed E-state index contributed by atoms with van der Waals surface area (Å²) in [5.41, 5.74) is 6.94. The van der Waals surface area contributed by atoms with Crippen LogP contribution in [-0.2, 0) is 0 Å². The zero-order valence-electron chi connectivity index (χ0n) is 7.19. The Morgan fingerprint density at radius 2 is 2.00 bits per heavy atom. The van der Waals surface area contributed by atoms with Crippen molar-refractivity contribution in [1.29, 1.82) is 5.26 Å². The molecule has 2 N–H and O–H groups in total. The summed E-state index contributed by atoms with van der Waals surface area (Å²) >= 11 is 4.80. The molecule has 1 rings (SSSR count). The average Bonchev–Trinajstić information content (AvgIpc) is 2.17. The molecule has 0 aliphatic rings. The molecule has 4 heteroatoms. The number of anilines is 1. The van der Waals surface area contributed by atoms with Crippen LogP contribution in [0.15, 0.2) is 24.3 Å². The van der Waals surface area contributed by atoms with Crippen LogP contribution in [0.25, 0.3) is 0 Å². The molecule has 0 radical (unpaired) electrons. The van der Waals surface area contributed by atoms with Crippen LogP contribution < -0.4 is 10.6 Å². The molecule has 0 aliphatic carbocycles. The van der Waals surface area contributed by atoms with Crippen molar-refractivity contribution >= 4 is 23.0 Å². The van der Waals surface area contributed by atoms with Crippen molar-refractivity contribution in [3.8, 4) is 6.07 Å². The minimum atomic E-state index is 0.310. The van der Waals surface area contributed by atoms with E-state index in [-0.39, 0.29) is 0 Å². The minimum absolute atomic E-state index is 0.310. The van der Waals surface area contributed by atoms with Gasteiger partial charge >= 0.3 is 0 Å². The number of benzene rings is 1. The molecule has 0 atom stereocenters. The van der Waals surface area contributed by atoms with Crippen molar-refractivity contribution in [2.24, 2.45) is 5.73 Å². The number of nitrogens with two attached hydrogens (primary N) is 1. The van der Waals surface area contributed by atoms with E-state index in [0.717, 1.165) is 5.69 Å². The van der Waals surface area contributed by atoms with Gasteiger partial charge in [-0.15, -0.1) is 0 Å². The monoisotopic (exact) mass is 191 g/mol. The molecule has 0 amide bonds. The highest BCUT2D eigenvalue weighted by atomic mass is 32.1. The van der Waals surface area contributed by atoms with E-state index in [1.807, 2.05) is 6.07 Å². The van der Waals surface area contributed by atoms with Crippen molar-refractivity contribution in [2.45, 2.75) is 0 Å². The number of thiocarbonyl (C=S) groups is 1. The van der Waals surface area contributed by atoms with Gasteiger partial charge in [-0.2, -0.15) is 5.26 Å². The SMILES string of the molecule is CN(C(N)=S)c1ccc(C#N)cc1. The standard InChI is InChI=1S/C9H9N3S/c1-12(9(11)13)8-4-2-7(6-10)3-5-8/h2-5H,1H3,(H2,11,13). The average molecular weight is 191 g/mol. The first-order valence-corrected chi connectivity index (χ1v) is 4.09. The molecule has 0 unspecified atom stereocenters. The maximum absolute atomic E-state index is 8.56. The number of hydrogen-bond acceptors (Lipinski definition) is 2. The Hall–Kier alpha value is -1.60. The molecule has 0 aliphatic heterocycles. The van der Waals surface area contributed by atoms with Crippen LogP contribution in [0.2, 0.25) is 0 Å².